The fourth-order valence-electron chi connectivity index (χ4n) is 3.40. The molecular weight excluding hydrogens is 440 g/mol. The number of ether oxygens (including phenoxy) is 1. The van der Waals surface area contributed by atoms with Crippen molar-refractivity contribution in [2.45, 2.75) is 46.0 Å². The minimum absolute atomic E-state index is 0.142. The van der Waals surface area contributed by atoms with Crippen LogP contribution in [0.5, 0.6) is 5.75 Å². The number of nitrogens with two attached hydrogens (primary N) is 1. The molecule has 0 saturated heterocycles. The van der Waals surface area contributed by atoms with E-state index < -0.39 is 5.91 Å². The monoisotopic (exact) mass is 464 g/mol. The number of fused-ring (bicyclic) bond motifs is 1. The molecular formula is C21H25BrN2O3S. The van der Waals surface area contributed by atoms with Crippen molar-refractivity contribution in [3.63, 3.8) is 0 Å². The van der Waals surface area contributed by atoms with Crippen molar-refractivity contribution in [1.29, 1.82) is 0 Å². The largest absolute Gasteiger partial charge is 0.483 e. The summed E-state index contributed by atoms with van der Waals surface area (Å²) in [5.41, 5.74) is 8.24. The number of amides is 2. The first kappa shape index (κ1) is 20.9. The molecule has 1 atom stereocenters. The van der Waals surface area contributed by atoms with Crippen molar-refractivity contribution in [3.8, 4) is 5.75 Å². The Kier molecular flexibility index (Phi) is 6.45. The van der Waals surface area contributed by atoms with Gasteiger partial charge in [-0.3, -0.25) is 9.59 Å². The quantitative estimate of drug-likeness (QED) is 0.639. The molecule has 2 aromatic rings. The van der Waals surface area contributed by atoms with Crippen molar-refractivity contribution in [2.24, 2.45) is 11.7 Å². The molecule has 7 heteroatoms. The molecule has 150 valence electrons. The number of hydrogen-bond donors (Lipinski definition) is 2. The van der Waals surface area contributed by atoms with Crippen LogP contribution in [0.3, 0.4) is 0 Å². The van der Waals surface area contributed by atoms with Crippen molar-refractivity contribution in [3.05, 3.63) is 44.2 Å². The highest BCUT2D eigenvalue weighted by atomic mass is 79.9. The van der Waals surface area contributed by atoms with E-state index in [2.05, 4.69) is 42.0 Å². The van der Waals surface area contributed by atoms with Gasteiger partial charge >= 0.3 is 0 Å². The first-order valence-electron chi connectivity index (χ1n) is 9.42. The standard InChI is InChI=1S/C21H25BrN2O3S/c1-11(2)13-5-7-16(15(22)9-13)27-10-18(25)24-21-19(20(23)26)14-6-4-12(3)8-17(14)28-21/h5,7,9,11-12H,4,6,8,10H2,1-3H3,(H2,23,26)(H,24,25). The lowest BCUT2D eigenvalue weighted by Crippen LogP contribution is -2.22. The predicted molar refractivity (Wildman–Crippen MR) is 116 cm³/mol. The van der Waals surface area contributed by atoms with Gasteiger partial charge in [0.25, 0.3) is 11.8 Å². The van der Waals surface area contributed by atoms with Crippen LogP contribution in [0.25, 0.3) is 0 Å². The lowest BCUT2D eigenvalue weighted by molar-refractivity contribution is -0.118. The van der Waals surface area contributed by atoms with Gasteiger partial charge in [-0.2, -0.15) is 0 Å². The minimum Gasteiger partial charge on any atom is -0.483 e. The molecule has 3 rings (SSSR count). The normalized spacial score (nSPS) is 16.0. The van der Waals surface area contributed by atoms with E-state index in [1.54, 1.807) is 0 Å². The number of nitrogens with one attached hydrogen (secondary N) is 1. The van der Waals surface area contributed by atoms with Crippen LogP contribution in [0, 0.1) is 5.92 Å². The van der Waals surface area contributed by atoms with Gasteiger partial charge in [0, 0.05) is 4.88 Å². The van der Waals surface area contributed by atoms with Gasteiger partial charge < -0.3 is 15.8 Å². The van der Waals surface area contributed by atoms with E-state index in [-0.39, 0.29) is 12.5 Å². The SMILES string of the molecule is CC1CCc2c(sc(NC(=O)COc3ccc(C(C)C)cc3Br)c2C(N)=O)C1. The number of primary amides is 1. The smallest absolute Gasteiger partial charge is 0.262 e. The van der Waals surface area contributed by atoms with Gasteiger partial charge in [-0.15, -0.1) is 11.3 Å². The average molecular weight is 465 g/mol. The molecule has 2 amide bonds. The molecule has 0 bridgehead atoms. The van der Waals surface area contributed by atoms with Crippen molar-refractivity contribution in [1.82, 2.24) is 0 Å². The summed E-state index contributed by atoms with van der Waals surface area (Å²) in [5.74, 6) is 0.789. The van der Waals surface area contributed by atoms with Gasteiger partial charge in [0.1, 0.15) is 10.8 Å². The van der Waals surface area contributed by atoms with Crippen LogP contribution in [-0.2, 0) is 17.6 Å². The number of hydrogen-bond acceptors (Lipinski definition) is 4. The van der Waals surface area contributed by atoms with E-state index in [0.717, 1.165) is 34.2 Å². The van der Waals surface area contributed by atoms with E-state index in [1.165, 1.54) is 16.9 Å². The van der Waals surface area contributed by atoms with Crippen LogP contribution < -0.4 is 15.8 Å². The van der Waals surface area contributed by atoms with Gasteiger partial charge in [0.15, 0.2) is 6.61 Å². The second kappa shape index (κ2) is 8.66. The lowest BCUT2D eigenvalue weighted by Gasteiger charge is -2.18. The summed E-state index contributed by atoms with van der Waals surface area (Å²) in [5, 5.41) is 3.36. The van der Waals surface area contributed by atoms with Crippen LogP contribution in [-0.4, -0.2) is 18.4 Å². The average Bonchev–Trinajstić information content (AvgIpc) is 2.97. The molecule has 0 radical (unpaired) electrons. The van der Waals surface area contributed by atoms with E-state index in [0.29, 0.717) is 28.1 Å². The van der Waals surface area contributed by atoms with Crippen molar-refractivity contribution < 1.29 is 14.3 Å². The molecule has 1 aromatic carbocycles. The van der Waals surface area contributed by atoms with E-state index >= 15 is 0 Å². The summed E-state index contributed by atoms with van der Waals surface area (Å²) < 4.78 is 6.46. The first-order valence-corrected chi connectivity index (χ1v) is 11.0. The maximum Gasteiger partial charge on any atom is 0.262 e. The maximum atomic E-state index is 12.4. The van der Waals surface area contributed by atoms with Crippen LogP contribution in [0.15, 0.2) is 22.7 Å². The zero-order chi connectivity index (χ0) is 20.4. The van der Waals surface area contributed by atoms with Crippen LogP contribution >= 0.6 is 27.3 Å². The van der Waals surface area contributed by atoms with Gasteiger partial charge in [0.2, 0.25) is 0 Å². The van der Waals surface area contributed by atoms with Gasteiger partial charge in [-0.25, -0.2) is 0 Å². The Labute approximate surface area is 177 Å². The van der Waals surface area contributed by atoms with Crippen LogP contribution in [0.4, 0.5) is 5.00 Å². The van der Waals surface area contributed by atoms with Crippen molar-refractivity contribution in [2.75, 3.05) is 11.9 Å². The highest BCUT2D eigenvalue weighted by molar-refractivity contribution is 9.10. The third kappa shape index (κ3) is 4.58. The Balaban J connectivity index is 1.69. The Morgan fingerprint density at radius 2 is 2.14 bits per heavy atom. The molecule has 1 aliphatic rings. The van der Waals surface area contributed by atoms with Crippen LogP contribution in [0.1, 0.15) is 59.5 Å². The number of rotatable bonds is 6. The second-order valence-electron chi connectivity index (χ2n) is 7.60. The van der Waals surface area contributed by atoms with E-state index in [4.69, 9.17) is 10.5 Å². The summed E-state index contributed by atoms with van der Waals surface area (Å²) in [7, 11) is 0. The zero-order valence-corrected chi connectivity index (χ0v) is 18.7. The Morgan fingerprint density at radius 1 is 1.39 bits per heavy atom. The fourth-order valence-corrected chi connectivity index (χ4v) is 5.34. The van der Waals surface area contributed by atoms with Gasteiger partial charge in [0.05, 0.1) is 10.0 Å². The first-order chi connectivity index (χ1) is 13.3. The second-order valence-corrected chi connectivity index (χ2v) is 9.56. The molecule has 0 aliphatic heterocycles. The molecule has 3 N–H and O–H groups in total. The molecule has 1 aromatic heterocycles. The van der Waals surface area contributed by atoms with Crippen LogP contribution in [0.2, 0.25) is 0 Å². The zero-order valence-electron chi connectivity index (χ0n) is 16.3. The van der Waals surface area contributed by atoms with Gasteiger partial charge in [-0.1, -0.05) is 26.8 Å². The highest BCUT2D eigenvalue weighted by Gasteiger charge is 2.27. The highest BCUT2D eigenvalue weighted by Crippen LogP contribution is 2.39. The summed E-state index contributed by atoms with van der Waals surface area (Å²) in [4.78, 5) is 25.5. The summed E-state index contributed by atoms with van der Waals surface area (Å²) in [6.07, 6.45) is 2.77. The fraction of sp³-hybridized carbons (Fsp3) is 0.429. The van der Waals surface area contributed by atoms with E-state index in [1.807, 2.05) is 18.2 Å². The molecule has 0 fully saturated rings. The number of benzene rings is 1. The van der Waals surface area contributed by atoms with Crippen molar-refractivity contribution >= 4 is 44.1 Å². The lowest BCUT2D eigenvalue weighted by atomic mass is 9.88. The van der Waals surface area contributed by atoms with E-state index in [9.17, 15) is 9.59 Å². The number of carbonyl (C=O) groups is 2. The number of carbonyl (C=O) groups excluding carboxylic acids is 2. The van der Waals surface area contributed by atoms with Gasteiger partial charge in [-0.05, 0) is 70.3 Å². The molecule has 28 heavy (non-hydrogen) atoms. The summed E-state index contributed by atoms with van der Waals surface area (Å²) >= 11 is 4.95. The summed E-state index contributed by atoms with van der Waals surface area (Å²) in [6.45, 7) is 6.29. The number of anilines is 1. The third-order valence-corrected chi connectivity index (χ3v) is 6.78. The number of thiophene rings is 1. The maximum absolute atomic E-state index is 12.4. The molecule has 1 unspecified atom stereocenters. The molecule has 0 spiro atoms. The summed E-state index contributed by atoms with van der Waals surface area (Å²) in [6, 6.07) is 5.84. The molecule has 5 nitrogen and oxygen atoms in total. The Bertz CT molecular complexity index is 907. The molecule has 0 saturated carbocycles. The topological polar surface area (TPSA) is 81.4 Å². The molecule has 1 heterocycles. The molecule has 1 aliphatic carbocycles. The Morgan fingerprint density at radius 3 is 2.79 bits per heavy atom. The number of halogens is 1. The predicted octanol–water partition coefficient (Wildman–Crippen LogP) is 4.88. The Hall–Kier alpha value is -1.86. The third-order valence-electron chi connectivity index (χ3n) is 4.99. The minimum atomic E-state index is -0.490.